The third kappa shape index (κ3) is 3.98. The highest BCUT2D eigenvalue weighted by Crippen LogP contribution is 2.27. The molecule has 118 valence electrons. The van der Waals surface area contributed by atoms with Crippen LogP contribution >= 0.6 is 0 Å². The van der Waals surface area contributed by atoms with Gasteiger partial charge in [0.05, 0.1) is 16.6 Å². The summed E-state index contributed by atoms with van der Waals surface area (Å²) >= 11 is 0. The van der Waals surface area contributed by atoms with E-state index in [1.807, 2.05) is 0 Å². The van der Waals surface area contributed by atoms with Crippen LogP contribution in [0.25, 0.3) is 0 Å². The fourth-order valence-electron chi connectivity index (χ4n) is 1.52. The molecule has 0 unspecified atom stereocenters. The van der Waals surface area contributed by atoms with Gasteiger partial charge in [0, 0.05) is 0 Å². The average Bonchev–Trinajstić information content (AvgIpc) is 2.36. The van der Waals surface area contributed by atoms with Gasteiger partial charge < -0.3 is 11.1 Å². The van der Waals surface area contributed by atoms with E-state index in [0.717, 1.165) is 6.07 Å². The summed E-state index contributed by atoms with van der Waals surface area (Å²) in [5.74, 6) is -4.20. The SMILES string of the molecule is CC(C)(C)[C@@H](N)C(=O)Nc1ccccc1S(=O)(=O)C(F)F. The normalized spacial score (nSPS) is 14.0. The monoisotopic (exact) mass is 320 g/mol. The maximum absolute atomic E-state index is 12.6. The number of alkyl halides is 2. The Kier molecular flexibility index (Phi) is 5.06. The molecule has 1 amide bonds. The van der Waals surface area contributed by atoms with Crippen LogP contribution in [0.5, 0.6) is 0 Å². The molecule has 3 N–H and O–H groups in total. The van der Waals surface area contributed by atoms with E-state index in [4.69, 9.17) is 5.73 Å². The number of benzene rings is 1. The predicted molar refractivity (Wildman–Crippen MR) is 75.7 cm³/mol. The van der Waals surface area contributed by atoms with Gasteiger partial charge >= 0.3 is 5.76 Å². The minimum atomic E-state index is -4.80. The molecule has 8 heteroatoms. The molecule has 5 nitrogen and oxygen atoms in total. The molecule has 0 radical (unpaired) electrons. The van der Waals surface area contributed by atoms with Gasteiger partial charge in [-0.25, -0.2) is 8.42 Å². The smallest absolute Gasteiger partial charge is 0.324 e. The number of hydrogen-bond donors (Lipinski definition) is 2. The van der Waals surface area contributed by atoms with Crippen molar-refractivity contribution in [3.05, 3.63) is 24.3 Å². The first kappa shape index (κ1) is 17.5. The van der Waals surface area contributed by atoms with Gasteiger partial charge in [-0.1, -0.05) is 32.9 Å². The number of hydrogen-bond acceptors (Lipinski definition) is 4. The Bertz CT molecular complexity index is 625. The molecule has 1 rings (SSSR count). The number of carbonyl (C=O) groups excluding carboxylic acids is 1. The third-order valence-electron chi connectivity index (χ3n) is 2.90. The number of halogens is 2. The highest BCUT2D eigenvalue weighted by Gasteiger charge is 2.32. The lowest BCUT2D eigenvalue weighted by atomic mass is 9.87. The van der Waals surface area contributed by atoms with Crippen LogP contribution in [0.3, 0.4) is 0 Å². The van der Waals surface area contributed by atoms with Gasteiger partial charge in [-0.15, -0.1) is 0 Å². The minimum absolute atomic E-state index is 0.206. The molecular formula is C13H18F2N2O3S. The summed E-state index contributed by atoms with van der Waals surface area (Å²) in [4.78, 5) is 11.4. The first-order valence-corrected chi connectivity index (χ1v) is 7.70. The van der Waals surface area contributed by atoms with Crippen molar-refractivity contribution in [1.82, 2.24) is 0 Å². The van der Waals surface area contributed by atoms with E-state index in [9.17, 15) is 22.0 Å². The summed E-state index contributed by atoms with van der Waals surface area (Å²) in [6.45, 7) is 5.21. The number of amides is 1. The number of carbonyl (C=O) groups is 1. The summed E-state index contributed by atoms with van der Waals surface area (Å²) in [6, 6.07) is 4.07. The van der Waals surface area contributed by atoms with Gasteiger partial charge in [0.15, 0.2) is 0 Å². The van der Waals surface area contributed by atoms with Crippen molar-refractivity contribution in [3.8, 4) is 0 Å². The molecule has 0 saturated heterocycles. The van der Waals surface area contributed by atoms with Crippen LogP contribution in [0.4, 0.5) is 14.5 Å². The molecule has 0 spiro atoms. The summed E-state index contributed by atoms with van der Waals surface area (Å²) in [7, 11) is -4.80. The van der Waals surface area contributed by atoms with Gasteiger partial charge in [-0.3, -0.25) is 4.79 Å². The van der Waals surface area contributed by atoms with E-state index >= 15 is 0 Å². The number of sulfone groups is 1. The summed E-state index contributed by atoms with van der Waals surface area (Å²) < 4.78 is 48.4. The highest BCUT2D eigenvalue weighted by molar-refractivity contribution is 7.91. The van der Waals surface area contributed by atoms with Crippen molar-refractivity contribution in [2.24, 2.45) is 11.1 Å². The highest BCUT2D eigenvalue weighted by atomic mass is 32.2. The Labute approximate surface area is 122 Å². The number of nitrogens with two attached hydrogens (primary N) is 1. The Balaban J connectivity index is 3.15. The van der Waals surface area contributed by atoms with Crippen LogP contribution in [-0.4, -0.2) is 26.1 Å². The number of nitrogens with one attached hydrogen (secondary N) is 1. The van der Waals surface area contributed by atoms with Gasteiger partial charge in [-0.2, -0.15) is 8.78 Å². The zero-order chi connectivity index (χ0) is 16.4. The molecule has 0 heterocycles. The topological polar surface area (TPSA) is 89.3 Å². The summed E-state index contributed by atoms with van der Waals surface area (Å²) in [5, 5.41) is 2.30. The van der Waals surface area contributed by atoms with E-state index in [0.29, 0.717) is 0 Å². The van der Waals surface area contributed by atoms with Crippen molar-refractivity contribution in [1.29, 1.82) is 0 Å². The van der Waals surface area contributed by atoms with Crippen molar-refractivity contribution < 1.29 is 22.0 Å². The van der Waals surface area contributed by atoms with Crippen LogP contribution in [0.2, 0.25) is 0 Å². The van der Waals surface area contributed by atoms with Crippen molar-refractivity contribution in [2.45, 2.75) is 37.5 Å². The number of para-hydroxylation sites is 1. The molecule has 0 saturated carbocycles. The number of anilines is 1. The standard InChI is InChI=1S/C13H18F2N2O3S/c1-13(2,3)10(16)11(18)17-8-6-4-5-7-9(8)21(19,20)12(14)15/h4-7,10,12H,16H2,1-3H3,(H,17,18)/t10-/m0/s1. The average molecular weight is 320 g/mol. The lowest BCUT2D eigenvalue weighted by molar-refractivity contribution is -0.119. The fourth-order valence-corrected chi connectivity index (χ4v) is 2.40. The maximum atomic E-state index is 12.6. The second-order valence-corrected chi connectivity index (χ2v) is 7.52. The van der Waals surface area contributed by atoms with E-state index in [-0.39, 0.29) is 5.69 Å². The zero-order valence-electron chi connectivity index (χ0n) is 11.9. The van der Waals surface area contributed by atoms with Crippen molar-refractivity contribution >= 4 is 21.4 Å². The largest absolute Gasteiger partial charge is 0.341 e. The fraction of sp³-hybridized carbons (Fsp3) is 0.462. The van der Waals surface area contributed by atoms with Gasteiger partial charge in [0.2, 0.25) is 15.7 Å². The van der Waals surface area contributed by atoms with Crippen LogP contribution in [0, 0.1) is 5.41 Å². The predicted octanol–water partition coefficient (Wildman–Crippen LogP) is 1.99. The molecule has 0 aromatic heterocycles. The van der Waals surface area contributed by atoms with Crippen molar-refractivity contribution in [3.63, 3.8) is 0 Å². The molecular weight excluding hydrogens is 302 g/mol. The first-order chi connectivity index (χ1) is 9.48. The van der Waals surface area contributed by atoms with Gasteiger partial charge in [0.25, 0.3) is 0 Å². The Morgan fingerprint density at radius 3 is 2.24 bits per heavy atom. The van der Waals surface area contributed by atoms with E-state index < -0.39 is 37.9 Å². The molecule has 1 aromatic rings. The summed E-state index contributed by atoms with van der Waals surface area (Å²) in [5.41, 5.74) is 4.99. The second kappa shape index (κ2) is 6.07. The third-order valence-corrected chi connectivity index (χ3v) is 4.34. The van der Waals surface area contributed by atoms with Crippen LogP contribution in [0.1, 0.15) is 20.8 Å². The quantitative estimate of drug-likeness (QED) is 0.888. The zero-order valence-corrected chi connectivity index (χ0v) is 12.7. The molecule has 1 aromatic carbocycles. The van der Waals surface area contributed by atoms with Crippen molar-refractivity contribution in [2.75, 3.05) is 5.32 Å². The molecule has 0 fully saturated rings. The Hall–Kier alpha value is -1.54. The second-order valence-electron chi connectivity index (χ2n) is 5.63. The molecule has 1 atom stereocenters. The van der Waals surface area contributed by atoms with E-state index in [2.05, 4.69) is 5.32 Å². The maximum Gasteiger partial charge on any atom is 0.341 e. The van der Waals surface area contributed by atoms with Gasteiger partial charge in [0.1, 0.15) is 0 Å². The molecule has 0 aliphatic carbocycles. The van der Waals surface area contributed by atoms with Crippen LogP contribution in [0.15, 0.2) is 29.2 Å². The lowest BCUT2D eigenvalue weighted by Gasteiger charge is -2.26. The lowest BCUT2D eigenvalue weighted by Crippen LogP contribution is -2.45. The Morgan fingerprint density at radius 2 is 1.76 bits per heavy atom. The first-order valence-electron chi connectivity index (χ1n) is 6.15. The van der Waals surface area contributed by atoms with Gasteiger partial charge in [-0.05, 0) is 17.5 Å². The molecule has 0 aliphatic heterocycles. The minimum Gasteiger partial charge on any atom is -0.324 e. The summed E-state index contributed by atoms with van der Waals surface area (Å²) in [6.07, 6.45) is 0. The van der Waals surface area contributed by atoms with Crippen LogP contribution < -0.4 is 11.1 Å². The molecule has 0 bridgehead atoms. The molecule has 21 heavy (non-hydrogen) atoms. The van der Waals surface area contributed by atoms with E-state index in [1.165, 1.54) is 18.2 Å². The molecule has 0 aliphatic rings. The van der Waals surface area contributed by atoms with Crippen LogP contribution in [-0.2, 0) is 14.6 Å². The number of rotatable bonds is 4. The Morgan fingerprint density at radius 1 is 1.24 bits per heavy atom. The van der Waals surface area contributed by atoms with E-state index in [1.54, 1.807) is 20.8 Å².